The van der Waals surface area contributed by atoms with Gasteiger partial charge in [-0.25, -0.2) is 0 Å². The predicted octanol–water partition coefficient (Wildman–Crippen LogP) is 2.50. The van der Waals surface area contributed by atoms with Crippen LogP contribution in [0.3, 0.4) is 0 Å². The molecule has 2 aliphatic rings. The summed E-state index contributed by atoms with van der Waals surface area (Å²) < 4.78 is 0. The van der Waals surface area contributed by atoms with Gasteiger partial charge in [-0.1, -0.05) is 43.2 Å². The fraction of sp³-hybridized carbons (Fsp3) is 0.522. The third kappa shape index (κ3) is 6.73. The molecule has 1 aromatic rings. The number of benzene rings is 1. The second-order valence-electron chi connectivity index (χ2n) is 7.93. The van der Waals surface area contributed by atoms with Crippen molar-refractivity contribution in [3.63, 3.8) is 0 Å². The van der Waals surface area contributed by atoms with Crippen LogP contribution in [0, 0.1) is 5.92 Å². The summed E-state index contributed by atoms with van der Waals surface area (Å²) in [6.07, 6.45) is 9.55. The molecule has 1 heterocycles. The number of carbonyl (C=O) groups excluding carboxylic acids is 3. The van der Waals surface area contributed by atoms with E-state index in [-0.39, 0.29) is 23.6 Å². The lowest BCUT2D eigenvalue weighted by molar-refractivity contribution is -0.132. The highest BCUT2D eigenvalue weighted by Gasteiger charge is 2.26. The molecule has 2 fully saturated rings. The molecular formula is C23H31N3O3. The van der Waals surface area contributed by atoms with Gasteiger partial charge in [-0.3, -0.25) is 14.4 Å². The molecule has 1 aromatic carbocycles. The summed E-state index contributed by atoms with van der Waals surface area (Å²) in [4.78, 5) is 38.4. The highest BCUT2D eigenvalue weighted by atomic mass is 16.2. The molecule has 3 amide bonds. The second kappa shape index (κ2) is 10.8. The van der Waals surface area contributed by atoms with Crippen LogP contribution in [0.2, 0.25) is 0 Å². The van der Waals surface area contributed by atoms with Crippen LogP contribution in [0.5, 0.6) is 0 Å². The number of rotatable bonds is 7. The van der Waals surface area contributed by atoms with Crippen LogP contribution < -0.4 is 10.6 Å². The van der Waals surface area contributed by atoms with E-state index in [0.717, 1.165) is 18.4 Å². The number of amides is 3. The summed E-state index contributed by atoms with van der Waals surface area (Å²) in [5.41, 5.74) is 0.993. The quantitative estimate of drug-likeness (QED) is 0.694. The van der Waals surface area contributed by atoms with E-state index in [2.05, 4.69) is 10.6 Å². The molecule has 1 aliphatic carbocycles. The normalized spacial score (nSPS) is 18.1. The number of nitrogens with zero attached hydrogens (tertiary/aromatic N) is 1. The average molecular weight is 398 g/mol. The molecule has 2 N–H and O–H groups in total. The minimum absolute atomic E-state index is 0.00871. The van der Waals surface area contributed by atoms with Crippen LogP contribution in [0.1, 0.15) is 50.5 Å². The Balaban J connectivity index is 1.33. The van der Waals surface area contributed by atoms with Gasteiger partial charge < -0.3 is 15.5 Å². The molecule has 0 bridgehead atoms. The summed E-state index contributed by atoms with van der Waals surface area (Å²) in [5, 5.41) is 5.91. The van der Waals surface area contributed by atoms with Crippen molar-refractivity contribution in [1.82, 2.24) is 15.5 Å². The number of piperidine rings is 1. The SMILES string of the molecule is O=C(CCNC(=O)C1CCN(C(=O)/C=C/c2ccccc2)CC1)NC1CCCC1. The molecule has 1 saturated heterocycles. The minimum Gasteiger partial charge on any atom is -0.355 e. The van der Waals surface area contributed by atoms with Gasteiger partial charge in [0.1, 0.15) is 0 Å². The third-order valence-corrected chi connectivity index (χ3v) is 5.77. The van der Waals surface area contributed by atoms with Gasteiger partial charge in [0.05, 0.1) is 0 Å². The lowest BCUT2D eigenvalue weighted by Gasteiger charge is -2.30. The van der Waals surface area contributed by atoms with Crippen molar-refractivity contribution >= 4 is 23.8 Å². The van der Waals surface area contributed by atoms with Gasteiger partial charge in [0.15, 0.2) is 0 Å². The second-order valence-corrected chi connectivity index (χ2v) is 7.93. The molecule has 6 heteroatoms. The van der Waals surface area contributed by atoms with Crippen molar-refractivity contribution in [1.29, 1.82) is 0 Å². The van der Waals surface area contributed by atoms with E-state index in [4.69, 9.17) is 0 Å². The van der Waals surface area contributed by atoms with Crippen LogP contribution >= 0.6 is 0 Å². The van der Waals surface area contributed by atoms with Gasteiger partial charge in [-0.2, -0.15) is 0 Å². The summed E-state index contributed by atoms with van der Waals surface area (Å²) in [6.45, 7) is 1.53. The van der Waals surface area contributed by atoms with E-state index in [1.54, 1.807) is 11.0 Å². The Morgan fingerprint density at radius 2 is 1.69 bits per heavy atom. The van der Waals surface area contributed by atoms with E-state index in [1.165, 1.54) is 12.8 Å². The number of nitrogens with one attached hydrogen (secondary N) is 2. The maximum absolute atomic E-state index is 12.4. The van der Waals surface area contributed by atoms with Crippen molar-refractivity contribution in [2.75, 3.05) is 19.6 Å². The summed E-state index contributed by atoms with van der Waals surface area (Å²) >= 11 is 0. The predicted molar refractivity (Wildman–Crippen MR) is 113 cm³/mol. The Bertz CT molecular complexity index is 718. The molecule has 0 spiro atoms. The van der Waals surface area contributed by atoms with Gasteiger partial charge in [-0.05, 0) is 37.3 Å². The monoisotopic (exact) mass is 397 g/mol. The van der Waals surface area contributed by atoms with Crippen molar-refractivity contribution in [2.24, 2.45) is 5.92 Å². The lowest BCUT2D eigenvalue weighted by Crippen LogP contribution is -2.43. The number of hydrogen-bond donors (Lipinski definition) is 2. The van der Waals surface area contributed by atoms with E-state index in [1.807, 2.05) is 36.4 Å². The molecule has 156 valence electrons. The van der Waals surface area contributed by atoms with Crippen LogP contribution in [0.4, 0.5) is 0 Å². The number of likely N-dealkylation sites (tertiary alicyclic amines) is 1. The Kier molecular flexibility index (Phi) is 7.85. The van der Waals surface area contributed by atoms with E-state index >= 15 is 0 Å². The highest BCUT2D eigenvalue weighted by Crippen LogP contribution is 2.19. The molecule has 3 rings (SSSR count). The number of carbonyl (C=O) groups is 3. The molecule has 0 unspecified atom stereocenters. The fourth-order valence-corrected chi connectivity index (χ4v) is 4.01. The van der Waals surface area contributed by atoms with Gasteiger partial charge in [0.2, 0.25) is 17.7 Å². The molecule has 0 aromatic heterocycles. The molecule has 0 atom stereocenters. The Hall–Kier alpha value is -2.63. The summed E-state index contributed by atoms with van der Waals surface area (Å²) in [5.74, 6) is -0.0975. The first kappa shape index (κ1) is 21.1. The standard InChI is InChI=1S/C23H31N3O3/c27-21(25-20-8-4-5-9-20)12-15-24-23(29)19-13-16-26(17-14-19)22(28)11-10-18-6-2-1-3-7-18/h1-3,6-7,10-11,19-20H,4-5,8-9,12-17H2,(H,24,29)(H,25,27)/b11-10+. The van der Waals surface area contributed by atoms with Crippen molar-refractivity contribution in [3.8, 4) is 0 Å². The van der Waals surface area contributed by atoms with Crippen molar-refractivity contribution in [3.05, 3.63) is 42.0 Å². The first-order valence-electron chi connectivity index (χ1n) is 10.7. The van der Waals surface area contributed by atoms with Gasteiger partial charge in [0, 0.05) is 44.1 Å². The van der Waals surface area contributed by atoms with Gasteiger partial charge in [-0.15, -0.1) is 0 Å². The average Bonchev–Trinajstić information content (AvgIpc) is 3.25. The van der Waals surface area contributed by atoms with Crippen LogP contribution in [-0.4, -0.2) is 48.3 Å². The van der Waals surface area contributed by atoms with E-state index in [0.29, 0.717) is 44.9 Å². The first-order valence-corrected chi connectivity index (χ1v) is 10.7. The third-order valence-electron chi connectivity index (χ3n) is 5.77. The largest absolute Gasteiger partial charge is 0.355 e. The zero-order valence-electron chi connectivity index (χ0n) is 16.9. The summed E-state index contributed by atoms with van der Waals surface area (Å²) in [7, 11) is 0. The van der Waals surface area contributed by atoms with Crippen LogP contribution in [-0.2, 0) is 14.4 Å². The Morgan fingerprint density at radius 1 is 1.00 bits per heavy atom. The van der Waals surface area contributed by atoms with Crippen LogP contribution in [0.15, 0.2) is 36.4 Å². The maximum Gasteiger partial charge on any atom is 0.246 e. The zero-order chi connectivity index (χ0) is 20.5. The Labute approximate surface area is 172 Å². The molecule has 1 aliphatic heterocycles. The van der Waals surface area contributed by atoms with E-state index < -0.39 is 0 Å². The molecule has 0 radical (unpaired) electrons. The van der Waals surface area contributed by atoms with Crippen molar-refractivity contribution < 1.29 is 14.4 Å². The lowest BCUT2D eigenvalue weighted by atomic mass is 9.95. The van der Waals surface area contributed by atoms with Gasteiger partial charge in [0.25, 0.3) is 0 Å². The van der Waals surface area contributed by atoms with Crippen molar-refractivity contribution in [2.45, 2.75) is 51.0 Å². The molecule has 29 heavy (non-hydrogen) atoms. The fourth-order valence-electron chi connectivity index (χ4n) is 4.01. The molecular weight excluding hydrogens is 366 g/mol. The number of hydrogen-bond acceptors (Lipinski definition) is 3. The molecule has 1 saturated carbocycles. The highest BCUT2D eigenvalue weighted by molar-refractivity contribution is 5.92. The first-order chi connectivity index (χ1) is 14.1. The van der Waals surface area contributed by atoms with E-state index in [9.17, 15) is 14.4 Å². The smallest absolute Gasteiger partial charge is 0.246 e. The van der Waals surface area contributed by atoms with Crippen LogP contribution in [0.25, 0.3) is 6.08 Å². The topological polar surface area (TPSA) is 78.5 Å². The Morgan fingerprint density at radius 3 is 2.38 bits per heavy atom. The zero-order valence-corrected chi connectivity index (χ0v) is 16.9. The minimum atomic E-state index is -0.0879. The van der Waals surface area contributed by atoms with Gasteiger partial charge >= 0.3 is 0 Å². The molecule has 6 nitrogen and oxygen atoms in total. The maximum atomic E-state index is 12.4. The summed E-state index contributed by atoms with van der Waals surface area (Å²) in [6, 6.07) is 10.0.